The van der Waals surface area contributed by atoms with Crippen molar-refractivity contribution in [2.75, 3.05) is 0 Å². The molecule has 3 aromatic heterocycles. The van der Waals surface area contributed by atoms with E-state index in [2.05, 4.69) is 25.3 Å². The minimum atomic E-state index is -0.343. The summed E-state index contributed by atoms with van der Waals surface area (Å²) < 4.78 is 1.28. The van der Waals surface area contributed by atoms with E-state index < -0.39 is 0 Å². The monoisotopic (exact) mass is 364 g/mol. The number of hydrogen-bond donors (Lipinski definition) is 2. The Kier molecular flexibility index (Phi) is 2.99. The second kappa shape index (κ2) is 5.15. The van der Waals surface area contributed by atoms with Crippen LogP contribution < -0.4 is 5.69 Å². The zero-order valence-corrected chi connectivity index (χ0v) is 14.7. The van der Waals surface area contributed by atoms with Gasteiger partial charge in [-0.05, 0) is 43.2 Å². The molecular formula is C18H13ClN6O. The van der Waals surface area contributed by atoms with Crippen LogP contribution in [0.25, 0.3) is 38.6 Å². The van der Waals surface area contributed by atoms with Crippen LogP contribution in [-0.2, 0) is 0 Å². The summed E-state index contributed by atoms with van der Waals surface area (Å²) in [6.07, 6.45) is 1.79. The fraction of sp³-hybridized carbons (Fsp3) is 0.111. The van der Waals surface area contributed by atoms with Gasteiger partial charge in [-0.15, -0.1) is 5.10 Å². The third kappa shape index (κ3) is 2.01. The van der Waals surface area contributed by atoms with Gasteiger partial charge >= 0.3 is 5.69 Å². The van der Waals surface area contributed by atoms with Gasteiger partial charge in [0.15, 0.2) is 5.65 Å². The van der Waals surface area contributed by atoms with Crippen LogP contribution >= 0.6 is 11.6 Å². The highest BCUT2D eigenvalue weighted by atomic mass is 35.5. The normalized spacial score (nSPS) is 11.8. The van der Waals surface area contributed by atoms with Crippen molar-refractivity contribution in [3.8, 4) is 11.1 Å². The Morgan fingerprint density at radius 1 is 1.12 bits per heavy atom. The molecule has 128 valence electrons. The molecule has 0 atom stereocenters. The fourth-order valence-corrected chi connectivity index (χ4v) is 3.69. The minimum absolute atomic E-state index is 0.343. The number of nitrogens with one attached hydrogen (secondary N) is 2. The molecule has 0 saturated carbocycles. The number of aromatic amines is 2. The topological polar surface area (TPSA) is 91.7 Å². The van der Waals surface area contributed by atoms with Gasteiger partial charge in [-0.3, -0.25) is 5.10 Å². The molecule has 0 bridgehead atoms. The SMILES string of the molecule is Cc1nc2c3cc(-c4c(C)ccc5[nH]ncc45)c(Cl)cc3[nH]c(=O)n2n1. The molecule has 7 nitrogen and oxygen atoms in total. The van der Waals surface area contributed by atoms with Crippen LogP contribution in [0.2, 0.25) is 5.02 Å². The molecule has 3 heterocycles. The van der Waals surface area contributed by atoms with Crippen molar-refractivity contribution in [1.29, 1.82) is 0 Å². The number of H-pyrrole nitrogens is 2. The van der Waals surface area contributed by atoms with Crippen molar-refractivity contribution in [1.82, 2.24) is 29.8 Å². The number of benzene rings is 2. The summed E-state index contributed by atoms with van der Waals surface area (Å²) >= 11 is 6.59. The van der Waals surface area contributed by atoms with Crippen LogP contribution in [0.3, 0.4) is 0 Å². The number of nitrogens with zero attached hydrogens (tertiary/aromatic N) is 4. The highest BCUT2D eigenvalue weighted by Gasteiger charge is 2.16. The predicted molar refractivity (Wildman–Crippen MR) is 101 cm³/mol. The molecule has 0 saturated heterocycles. The van der Waals surface area contributed by atoms with Crippen molar-refractivity contribution in [2.24, 2.45) is 0 Å². The molecule has 0 fully saturated rings. The Balaban J connectivity index is 1.94. The molecule has 8 heteroatoms. The van der Waals surface area contributed by atoms with Crippen molar-refractivity contribution >= 4 is 39.1 Å². The highest BCUT2D eigenvalue weighted by molar-refractivity contribution is 6.34. The first-order valence-electron chi connectivity index (χ1n) is 8.05. The molecule has 0 radical (unpaired) electrons. The molecule has 0 aliphatic carbocycles. The van der Waals surface area contributed by atoms with Gasteiger partial charge in [0.05, 0.1) is 22.3 Å². The van der Waals surface area contributed by atoms with Gasteiger partial charge in [0, 0.05) is 16.3 Å². The molecule has 26 heavy (non-hydrogen) atoms. The molecule has 2 aromatic carbocycles. The van der Waals surface area contributed by atoms with Gasteiger partial charge in [0.1, 0.15) is 5.82 Å². The summed E-state index contributed by atoms with van der Waals surface area (Å²) in [5.74, 6) is 0.535. The van der Waals surface area contributed by atoms with Crippen LogP contribution in [0.1, 0.15) is 11.4 Å². The maximum atomic E-state index is 12.2. The van der Waals surface area contributed by atoms with Gasteiger partial charge in [0.25, 0.3) is 0 Å². The van der Waals surface area contributed by atoms with Crippen molar-refractivity contribution in [3.63, 3.8) is 0 Å². The van der Waals surface area contributed by atoms with Crippen LogP contribution in [0.5, 0.6) is 0 Å². The van der Waals surface area contributed by atoms with Gasteiger partial charge in [-0.2, -0.15) is 9.61 Å². The maximum Gasteiger partial charge on any atom is 0.348 e. The minimum Gasteiger partial charge on any atom is -0.305 e. The molecule has 5 rings (SSSR count). The van der Waals surface area contributed by atoms with E-state index in [1.165, 1.54) is 4.52 Å². The lowest BCUT2D eigenvalue weighted by atomic mass is 9.96. The number of hydrogen-bond acceptors (Lipinski definition) is 4. The highest BCUT2D eigenvalue weighted by Crippen LogP contribution is 2.38. The molecule has 0 spiro atoms. The Morgan fingerprint density at radius 3 is 2.81 bits per heavy atom. The summed E-state index contributed by atoms with van der Waals surface area (Å²) in [4.78, 5) is 19.4. The summed E-state index contributed by atoms with van der Waals surface area (Å²) in [5, 5.41) is 13.6. The first kappa shape index (κ1) is 15.1. The largest absolute Gasteiger partial charge is 0.348 e. The van der Waals surface area contributed by atoms with E-state index in [9.17, 15) is 4.79 Å². The first-order valence-corrected chi connectivity index (χ1v) is 8.42. The Morgan fingerprint density at radius 2 is 1.96 bits per heavy atom. The van der Waals surface area contributed by atoms with Crippen LogP contribution in [0.15, 0.2) is 35.3 Å². The molecular weight excluding hydrogens is 352 g/mol. The first-order chi connectivity index (χ1) is 12.5. The standard InChI is InChI=1S/C18H13ClN6O/c1-8-3-4-14-12(7-20-23-14)16(8)10-5-11-15(6-13(10)19)22-18(26)25-17(11)21-9(2)24-25/h3-7H,1-2H3,(H,20,23)(H,22,26). The van der Waals surface area contributed by atoms with E-state index in [1.807, 2.05) is 25.1 Å². The van der Waals surface area contributed by atoms with Gasteiger partial charge in [-0.1, -0.05) is 17.7 Å². The number of aromatic nitrogens is 6. The van der Waals surface area contributed by atoms with Gasteiger partial charge in [-0.25, -0.2) is 9.78 Å². The second-order valence-electron chi connectivity index (χ2n) is 6.29. The lowest BCUT2D eigenvalue weighted by Crippen LogP contribution is -2.17. The quantitative estimate of drug-likeness (QED) is 0.477. The van der Waals surface area contributed by atoms with Crippen molar-refractivity contribution in [3.05, 3.63) is 57.4 Å². The van der Waals surface area contributed by atoms with Gasteiger partial charge in [0.2, 0.25) is 0 Å². The average molecular weight is 365 g/mol. The smallest absolute Gasteiger partial charge is 0.305 e. The Bertz CT molecular complexity index is 1390. The van der Waals surface area contributed by atoms with E-state index >= 15 is 0 Å². The number of halogens is 1. The van der Waals surface area contributed by atoms with Crippen LogP contribution in [-0.4, -0.2) is 29.8 Å². The number of rotatable bonds is 1. The third-order valence-electron chi connectivity index (χ3n) is 4.60. The predicted octanol–water partition coefficient (Wildman–Crippen LogP) is 3.38. The summed E-state index contributed by atoms with van der Waals surface area (Å²) in [5.41, 5.74) is 4.67. The lowest BCUT2D eigenvalue weighted by molar-refractivity contribution is 0.863. The zero-order valence-electron chi connectivity index (χ0n) is 14.0. The molecule has 5 aromatic rings. The average Bonchev–Trinajstić information content (AvgIpc) is 3.22. The number of fused-ring (bicyclic) bond motifs is 4. The second-order valence-corrected chi connectivity index (χ2v) is 6.70. The summed E-state index contributed by atoms with van der Waals surface area (Å²) in [7, 11) is 0. The van der Waals surface area contributed by atoms with E-state index in [0.717, 1.165) is 33.0 Å². The van der Waals surface area contributed by atoms with Crippen molar-refractivity contribution < 1.29 is 0 Å². The third-order valence-corrected chi connectivity index (χ3v) is 4.91. The number of aryl methyl sites for hydroxylation is 2. The van der Waals surface area contributed by atoms with Gasteiger partial charge < -0.3 is 4.98 Å². The summed E-state index contributed by atoms with van der Waals surface area (Å²) in [6, 6.07) is 7.73. The Labute approximate surface area is 151 Å². The lowest BCUT2D eigenvalue weighted by Gasteiger charge is -2.11. The van der Waals surface area contributed by atoms with Crippen LogP contribution in [0.4, 0.5) is 0 Å². The molecule has 0 unspecified atom stereocenters. The molecule has 0 aliphatic rings. The Hall–Kier alpha value is -3.19. The zero-order chi connectivity index (χ0) is 18.0. The summed E-state index contributed by atoms with van der Waals surface area (Å²) in [6.45, 7) is 3.79. The van der Waals surface area contributed by atoms with Crippen molar-refractivity contribution in [2.45, 2.75) is 13.8 Å². The van der Waals surface area contributed by atoms with E-state index in [4.69, 9.17) is 11.6 Å². The van der Waals surface area contributed by atoms with E-state index in [-0.39, 0.29) is 5.69 Å². The molecule has 0 amide bonds. The van der Waals surface area contributed by atoms with E-state index in [0.29, 0.717) is 22.0 Å². The van der Waals surface area contributed by atoms with E-state index in [1.54, 1.807) is 19.2 Å². The molecule has 0 aliphatic heterocycles. The maximum absolute atomic E-state index is 12.2. The fourth-order valence-electron chi connectivity index (χ4n) is 3.44. The van der Waals surface area contributed by atoms with Crippen LogP contribution in [0, 0.1) is 13.8 Å². The molecule has 2 N–H and O–H groups in total.